The van der Waals surface area contributed by atoms with Gasteiger partial charge in [-0.05, 0) is 23.8 Å². The molecule has 11 nitrogen and oxygen atoms in total. The molecular weight excluding hydrogens is 420 g/mol. The molecule has 32 heavy (non-hydrogen) atoms. The van der Waals surface area contributed by atoms with Crippen molar-refractivity contribution in [3.05, 3.63) is 69.3 Å². The highest BCUT2D eigenvalue weighted by atomic mass is 16.6. The molecule has 4 rings (SSSR count). The number of benzene rings is 2. The zero-order valence-corrected chi connectivity index (χ0v) is 16.9. The van der Waals surface area contributed by atoms with Gasteiger partial charge in [-0.1, -0.05) is 18.2 Å². The van der Waals surface area contributed by atoms with Crippen molar-refractivity contribution in [1.82, 2.24) is 15.3 Å². The number of morpholine rings is 1. The van der Waals surface area contributed by atoms with Gasteiger partial charge in [-0.2, -0.15) is 0 Å². The van der Waals surface area contributed by atoms with E-state index in [4.69, 9.17) is 4.74 Å². The number of carbonyl (C=O) groups is 3. The average Bonchev–Trinajstić information content (AvgIpc) is 3.04. The van der Waals surface area contributed by atoms with Crippen LogP contribution in [-0.2, 0) is 16.0 Å². The zero-order valence-electron chi connectivity index (χ0n) is 16.9. The van der Waals surface area contributed by atoms with Crippen molar-refractivity contribution in [3.63, 3.8) is 0 Å². The molecule has 0 spiro atoms. The highest BCUT2D eigenvalue weighted by Gasteiger charge is 2.43. The minimum atomic E-state index is -1.26. The Morgan fingerprint density at radius 1 is 1.12 bits per heavy atom. The molecule has 1 fully saturated rings. The smallest absolute Gasteiger partial charge is 0.310 e. The van der Waals surface area contributed by atoms with Crippen LogP contribution < -0.4 is 5.43 Å². The van der Waals surface area contributed by atoms with Crippen LogP contribution in [0.3, 0.4) is 0 Å². The van der Waals surface area contributed by atoms with Crippen LogP contribution in [0, 0.1) is 10.1 Å². The van der Waals surface area contributed by atoms with Crippen LogP contribution in [0.4, 0.5) is 5.69 Å². The first-order valence-electron chi connectivity index (χ1n) is 9.93. The number of aromatic hydroxyl groups is 1. The minimum Gasteiger partial charge on any atom is -0.502 e. The molecule has 2 heterocycles. The van der Waals surface area contributed by atoms with Crippen molar-refractivity contribution in [2.75, 3.05) is 26.3 Å². The predicted molar refractivity (Wildman–Crippen MR) is 110 cm³/mol. The number of hydrazine groups is 1. The second-order valence-electron chi connectivity index (χ2n) is 7.40. The molecule has 0 unspecified atom stereocenters. The molecular formula is C21H20N4O7. The van der Waals surface area contributed by atoms with Gasteiger partial charge in [-0.3, -0.25) is 34.8 Å². The number of amides is 3. The molecule has 0 aromatic heterocycles. The van der Waals surface area contributed by atoms with Crippen LogP contribution in [0.2, 0.25) is 0 Å². The third kappa shape index (κ3) is 4.03. The first-order valence-corrected chi connectivity index (χ1v) is 9.93. The Morgan fingerprint density at radius 2 is 1.75 bits per heavy atom. The number of hydrogen-bond donors (Lipinski definition) is 2. The van der Waals surface area contributed by atoms with Gasteiger partial charge in [0, 0.05) is 25.6 Å². The molecule has 1 atom stereocenters. The second kappa shape index (κ2) is 8.73. The Labute approximate surface area is 182 Å². The third-order valence-electron chi connectivity index (χ3n) is 5.38. The molecule has 1 saturated heterocycles. The summed E-state index contributed by atoms with van der Waals surface area (Å²) in [6.45, 7) is 1.71. The number of ether oxygens (including phenoxy) is 1. The summed E-state index contributed by atoms with van der Waals surface area (Å²) in [7, 11) is 0. The van der Waals surface area contributed by atoms with E-state index in [0.717, 1.165) is 17.0 Å². The monoisotopic (exact) mass is 440 g/mol. The Hall–Kier alpha value is -3.83. The normalized spacial score (nSPS) is 17.2. The predicted octanol–water partition coefficient (Wildman–Crippen LogP) is 0.871. The van der Waals surface area contributed by atoms with E-state index >= 15 is 0 Å². The number of phenolic OH excluding ortho intramolecular Hbond substituents is 1. The number of nitrogens with zero attached hydrogens (tertiary/aromatic N) is 3. The van der Waals surface area contributed by atoms with Crippen LogP contribution in [0.5, 0.6) is 5.75 Å². The maximum atomic E-state index is 13.2. The molecule has 0 radical (unpaired) electrons. The molecule has 0 aliphatic carbocycles. The molecule has 0 bridgehead atoms. The number of nitro benzene ring substituents is 1. The van der Waals surface area contributed by atoms with Gasteiger partial charge in [0.25, 0.3) is 17.7 Å². The second-order valence-corrected chi connectivity index (χ2v) is 7.40. The number of hydrogen-bond acceptors (Lipinski definition) is 8. The molecule has 11 heteroatoms. The van der Waals surface area contributed by atoms with E-state index in [0.29, 0.717) is 31.9 Å². The lowest BCUT2D eigenvalue weighted by atomic mass is 10.0. The van der Waals surface area contributed by atoms with E-state index < -0.39 is 40.1 Å². The average molecular weight is 440 g/mol. The number of carbonyl (C=O) groups excluding carboxylic acids is 3. The molecule has 0 saturated carbocycles. The topological polar surface area (TPSA) is 142 Å². The molecule has 2 aliphatic rings. The number of imide groups is 1. The lowest BCUT2D eigenvalue weighted by molar-refractivity contribution is -0.385. The maximum Gasteiger partial charge on any atom is 0.310 e. The number of nitro groups is 1. The van der Waals surface area contributed by atoms with E-state index in [2.05, 4.69) is 5.43 Å². The highest BCUT2D eigenvalue weighted by molar-refractivity contribution is 6.22. The van der Waals surface area contributed by atoms with Crippen LogP contribution in [0.1, 0.15) is 26.3 Å². The van der Waals surface area contributed by atoms with Crippen molar-refractivity contribution >= 4 is 23.4 Å². The molecule has 2 aromatic carbocycles. The summed E-state index contributed by atoms with van der Waals surface area (Å²) >= 11 is 0. The van der Waals surface area contributed by atoms with Gasteiger partial charge in [0.05, 0.1) is 29.3 Å². The maximum absolute atomic E-state index is 13.2. The zero-order chi connectivity index (χ0) is 22.8. The van der Waals surface area contributed by atoms with Gasteiger partial charge in [0.2, 0.25) is 0 Å². The largest absolute Gasteiger partial charge is 0.502 e. The van der Waals surface area contributed by atoms with E-state index in [1.165, 1.54) is 18.2 Å². The molecule has 2 aliphatic heterocycles. The van der Waals surface area contributed by atoms with Crippen molar-refractivity contribution in [2.45, 2.75) is 12.5 Å². The fourth-order valence-electron chi connectivity index (χ4n) is 3.76. The van der Waals surface area contributed by atoms with Gasteiger partial charge >= 0.3 is 5.69 Å². The van der Waals surface area contributed by atoms with Gasteiger partial charge in [0.15, 0.2) is 5.75 Å². The fraction of sp³-hybridized carbons (Fsp3) is 0.286. The van der Waals surface area contributed by atoms with Crippen molar-refractivity contribution in [1.29, 1.82) is 0 Å². The molecule has 2 N–H and O–H groups in total. The van der Waals surface area contributed by atoms with Crippen LogP contribution >= 0.6 is 0 Å². The van der Waals surface area contributed by atoms with E-state index in [9.17, 15) is 29.6 Å². The van der Waals surface area contributed by atoms with Gasteiger partial charge in [-0.15, -0.1) is 0 Å². The summed E-state index contributed by atoms with van der Waals surface area (Å²) < 4.78 is 5.26. The fourth-order valence-corrected chi connectivity index (χ4v) is 3.76. The third-order valence-corrected chi connectivity index (χ3v) is 5.38. The van der Waals surface area contributed by atoms with Crippen molar-refractivity contribution in [2.24, 2.45) is 0 Å². The Kier molecular flexibility index (Phi) is 5.84. The van der Waals surface area contributed by atoms with E-state index in [1.807, 2.05) is 0 Å². The molecule has 166 valence electrons. The Bertz CT molecular complexity index is 1060. The van der Waals surface area contributed by atoms with Crippen LogP contribution in [0.25, 0.3) is 0 Å². The number of nitrogens with one attached hydrogen (secondary N) is 1. The highest BCUT2D eigenvalue weighted by Crippen LogP contribution is 2.29. The number of rotatable bonds is 6. The number of fused-ring (bicyclic) bond motifs is 1. The van der Waals surface area contributed by atoms with Crippen molar-refractivity contribution < 1.29 is 29.2 Å². The minimum absolute atomic E-state index is 0.164. The summed E-state index contributed by atoms with van der Waals surface area (Å²) in [6.07, 6.45) is -0.164. The Balaban J connectivity index is 1.67. The number of phenols is 1. The van der Waals surface area contributed by atoms with Gasteiger partial charge < -0.3 is 9.84 Å². The quantitative estimate of drug-likeness (QED) is 0.383. The first-order chi connectivity index (χ1) is 15.4. The Morgan fingerprint density at radius 3 is 2.34 bits per heavy atom. The lowest BCUT2D eigenvalue weighted by Crippen LogP contribution is -2.56. The van der Waals surface area contributed by atoms with Crippen LogP contribution in [0.15, 0.2) is 42.5 Å². The summed E-state index contributed by atoms with van der Waals surface area (Å²) in [6, 6.07) is 8.70. The molecule has 3 amide bonds. The standard InChI is InChI=1S/C21H20N4O7/c26-18-6-5-13(11-16(18)25(30)31)12-17(19(27)22-23-7-9-32-10-8-23)24-20(28)14-3-1-2-4-15(14)21(24)29/h1-6,11,17,26H,7-10,12H2,(H,22,27)/t17-/m0/s1. The van der Waals surface area contributed by atoms with E-state index in [-0.39, 0.29) is 17.5 Å². The SMILES string of the molecule is O=C(NN1CCOCC1)[C@H](Cc1ccc(O)c([N+](=O)[O-])c1)N1C(=O)c2ccccc2C1=O. The summed E-state index contributed by atoms with van der Waals surface area (Å²) in [5.74, 6) is -2.34. The molecule has 2 aromatic rings. The van der Waals surface area contributed by atoms with Gasteiger partial charge in [0.1, 0.15) is 6.04 Å². The summed E-state index contributed by atoms with van der Waals surface area (Å²) in [4.78, 5) is 50.6. The summed E-state index contributed by atoms with van der Waals surface area (Å²) in [5.41, 5.74) is 2.89. The van der Waals surface area contributed by atoms with Gasteiger partial charge in [-0.25, -0.2) is 5.01 Å². The van der Waals surface area contributed by atoms with Crippen LogP contribution in [-0.4, -0.2) is 70.0 Å². The van der Waals surface area contributed by atoms with Crippen molar-refractivity contribution in [3.8, 4) is 5.75 Å². The first kappa shape index (κ1) is 21.4. The summed E-state index contributed by atoms with van der Waals surface area (Å²) in [5, 5.41) is 22.6. The van der Waals surface area contributed by atoms with E-state index in [1.54, 1.807) is 17.1 Å². The lowest BCUT2D eigenvalue weighted by Gasteiger charge is -2.31.